The second-order valence-corrected chi connectivity index (χ2v) is 7.11. The van der Waals surface area contributed by atoms with Crippen LogP contribution in [0.1, 0.15) is 23.6 Å². The predicted molar refractivity (Wildman–Crippen MR) is 117 cm³/mol. The Labute approximate surface area is 172 Å². The molecule has 2 aromatic carbocycles. The smallest absolute Gasteiger partial charge is 0.191 e. The third-order valence-corrected chi connectivity index (χ3v) is 4.48. The number of rotatable bonds is 8. The van der Waals surface area contributed by atoms with Crippen LogP contribution in [0.4, 0.5) is 0 Å². The fraction of sp³-hybridized carbons (Fsp3) is 0.304. The standard InChI is InChI=1S/C23H29N5O/c1-18-6-4-9-22(12-18)29-19(2)14-26-23(24-3)27-15-20-7-5-8-21(13-20)16-28-11-10-25-17-28/h4-13,17,19H,14-16H2,1-3H3,(H2,24,26,27). The van der Waals surface area contributed by atoms with Gasteiger partial charge in [0.1, 0.15) is 11.9 Å². The maximum atomic E-state index is 5.97. The first-order valence-electron chi connectivity index (χ1n) is 9.84. The topological polar surface area (TPSA) is 63.5 Å². The molecule has 0 aliphatic carbocycles. The Morgan fingerprint density at radius 1 is 1.14 bits per heavy atom. The van der Waals surface area contributed by atoms with Crippen molar-refractivity contribution in [2.24, 2.45) is 4.99 Å². The number of aromatic nitrogens is 2. The lowest BCUT2D eigenvalue weighted by Gasteiger charge is -2.18. The molecule has 6 heteroatoms. The second-order valence-electron chi connectivity index (χ2n) is 7.11. The maximum Gasteiger partial charge on any atom is 0.191 e. The van der Waals surface area contributed by atoms with Gasteiger partial charge in [0.15, 0.2) is 5.96 Å². The van der Waals surface area contributed by atoms with Gasteiger partial charge in [-0.15, -0.1) is 0 Å². The lowest BCUT2D eigenvalue weighted by atomic mass is 10.1. The van der Waals surface area contributed by atoms with E-state index in [9.17, 15) is 0 Å². The minimum Gasteiger partial charge on any atom is -0.489 e. The van der Waals surface area contributed by atoms with E-state index in [0.29, 0.717) is 13.1 Å². The van der Waals surface area contributed by atoms with Crippen molar-refractivity contribution >= 4 is 5.96 Å². The number of benzene rings is 2. The Balaban J connectivity index is 1.46. The van der Waals surface area contributed by atoms with Crippen LogP contribution in [0.3, 0.4) is 0 Å². The molecule has 6 nitrogen and oxygen atoms in total. The quantitative estimate of drug-likeness (QED) is 0.456. The number of nitrogens with zero attached hydrogens (tertiary/aromatic N) is 3. The van der Waals surface area contributed by atoms with Crippen LogP contribution in [0.5, 0.6) is 5.75 Å². The summed E-state index contributed by atoms with van der Waals surface area (Å²) in [5, 5.41) is 6.69. The van der Waals surface area contributed by atoms with Crippen LogP contribution in [0.15, 0.2) is 72.2 Å². The minimum atomic E-state index is 0.0221. The first-order valence-corrected chi connectivity index (χ1v) is 9.84. The van der Waals surface area contributed by atoms with Gasteiger partial charge in [-0.25, -0.2) is 4.98 Å². The highest BCUT2D eigenvalue weighted by molar-refractivity contribution is 5.79. The number of nitrogens with one attached hydrogen (secondary N) is 2. The predicted octanol–water partition coefficient (Wildman–Crippen LogP) is 3.37. The summed E-state index contributed by atoms with van der Waals surface area (Å²) in [6.45, 7) is 6.28. The van der Waals surface area contributed by atoms with Crippen molar-refractivity contribution in [2.75, 3.05) is 13.6 Å². The van der Waals surface area contributed by atoms with Gasteiger partial charge in [-0.2, -0.15) is 0 Å². The first-order chi connectivity index (χ1) is 14.1. The Morgan fingerprint density at radius 2 is 1.97 bits per heavy atom. The molecular weight excluding hydrogens is 362 g/mol. The molecule has 1 aromatic heterocycles. The zero-order valence-corrected chi connectivity index (χ0v) is 17.3. The summed E-state index contributed by atoms with van der Waals surface area (Å²) >= 11 is 0. The molecule has 152 valence electrons. The molecule has 3 aromatic rings. The average molecular weight is 392 g/mol. The molecular formula is C23H29N5O. The lowest BCUT2D eigenvalue weighted by Crippen LogP contribution is -2.41. The molecule has 0 radical (unpaired) electrons. The van der Waals surface area contributed by atoms with E-state index < -0.39 is 0 Å². The monoisotopic (exact) mass is 391 g/mol. The van der Waals surface area contributed by atoms with Crippen molar-refractivity contribution in [3.63, 3.8) is 0 Å². The van der Waals surface area contributed by atoms with Gasteiger partial charge in [0.25, 0.3) is 0 Å². The summed E-state index contributed by atoms with van der Waals surface area (Å²) in [7, 11) is 1.77. The Bertz CT molecular complexity index is 921. The van der Waals surface area contributed by atoms with Crippen molar-refractivity contribution in [2.45, 2.75) is 33.0 Å². The van der Waals surface area contributed by atoms with E-state index in [1.807, 2.05) is 37.6 Å². The van der Waals surface area contributed by atoms with Crippen LogP contribution in [0, 0.1) is 6.92 Å². The van der Waals surface area contributed by atoms with Gasteiger partial charge in [-0.1, -0.05) is 36.4 Å². The van der Waals surface area contributed by atoms with Crippen LogP contribution in [0.2, 0.25) is 0 Å². The van der Waals surface area contributed by atoms with Gasteiger partial charge < -0.3 is 19.9 Å². The third-order valence-electron chi connectivity index (χ3n) is 4.48. The van der Waals surface area contributed by atoms with Gasteiger partial charge in [-0.3, -0.25) is 4.99 Å². The number of imidazole rings is 1. The molecule has 0 fully saturated rings. The molecule has 0 aliphatic rings. The number of aliphatic imine (C=N–C) groups is 1. The van der Waals surface area contributed by atoms with E-state index in [2.05, 4.69) is 62.4 Å². The zero-order chi connectivity index (χ0) is 20.5. The van der Waals surface area contributed by atoms with Crippen LogP contribution in [-0.2, 0) is 13.1 Å². The zero-order valence-electron chi connectivity index (χ0n) is 17.3. The first kappa shape index (κ1) is 20.5. The van der Waals surface area contributed by atoms with Crippen molar-refractivity contribution in [1.29, 1.82) is 0 Å². The molecule has 3 rings (SSSR count). The summed E-state index contributed by atoms with van der Waals surface area (Å²) in [6, 6.07) is 16.6. The van der Waals surface area contributed by atoms with Crippen LogP contribution >= 0.6 is 0 Å². The molecule has 1 heterocycles. The number of guanidine groups is 1. The van der Waals surface area contributed by atoms with Crippen LogP contribution < -0.4 is 15.4 Å². The number of aryl methyl sites for hydroxylation is 1. The van der Waals surface area contributed by atoms with Crippen LogP contribution in [-0.4, -0.2) is 35.2 Å². The molecule has 2 N–H and O–H groups in total. The molecule has 1 atom stereocenters. The highest BCUT2D eigenvalue weighted by Gasteiger charge is 2.06. The fourth-order valence-corrected chi connectivity index (χ4v) is 3.04. The average Bonchev–Trinajstić information content (AvgIpc) is 3.21. The third kappa shape index (κ3) is 6.68. The van der Waals surface area contributed by atoms with Crippen molar-refractivity contribution in [1.82, 2.24) is 20.2 Å². The van der Waals surface area contributed by atoms with Gasteiger partial charge >= 0.3 is 0 Å². The largest absolute Gasteiger partial charge is 0.489 e. The lowest BCUT2D eigenvalue weighted by molar-refractivity contribution is 0.223. The number of ether oxygens (including phenoxy) is 1. The molecule has 0 saturated carbocycles. The minimum absolute atomic E-state index is 0.0221. The Kier molecular flexibility index (Phi) is 7.28. The Hall–Kier alpha value is -3.28. The van der Waals surface area contributed by atoms with Crippen molar-refractivity contribution < 1.29 is 4.74 Å². The van der Waals surface area contributed by atoms with E-state index >= 15 is 0 Å². The summed E-state index contributed by atoms with van der Waals surface area (Å²) in [6.07, 6.45) is 5.62. The van der Waals surface area contributed by atoms with Gasteiger partial charge in [0.2, 0.25) is 0 Å². The molecule has 0 bridgehead atoms. The molecule has 29 heavy (non-hydrogen) atoms. The molecule has 1 unspecified atom stereocenters. The summed E-state index contributed by atoms with van der Waals surface area (Å²) in [5.74, 6) is 1.64. The molecule has 0 amide bonds. The van der Waals surface area contributed by atoms with E-state index in [1.165, 1.54) is 16.7 Å². The van der Waals surface area contributed by atoms with E-state index in [-0.39, 0.29) is 6.10 Å². The highest BCUT2D eigenvalue weighted by Crippen LogP contribution is 2.14. The fourth-order valence-electron chi connectivity index (χ4n) is 3.04. The summed E-state index contributed by atoms with van der Waals surface area (Å²) < 4.78 is 8.02. The Morgan fingerprint density at radius 3 is 2.72 bits per heavy atom. The highest BCUT2D eigenvalue weighted by atomic mass is 16.5. The molecule has 0 saturated heterocycles. The van der Waals surface area contributed by atoms with Gasteiger partial charge in [-0.05, 0) is 42.7 Å². The van der Waals surface area contributed by atoms with Gasteiger partial charge in [0, 0.05) is 32.5 Å². The molecule has 0 spiro atoms. The van der Waals surface area contributed by atoms with E-state index in [1.54, 1.807) is 13.2 Å². The number of hydrogen-bond donors (Lipinski definition) is 2. The summed E-state index contributed by atoms with van der Waals surface area (Å²) in [5.41, 5.74) is 3.63. The van der Waals surface area contributed by atoms with Crippen molar-refractivity contribution in [3.05, 3.63) is 83.9 Å². The number of hydrogen-bond acceptors (Lipinski definition) is 3. The molecule has 0 aliphatic heterocycles. The van der Waals surface area contributed by atoms with E-state index in [0.717, 1.165) is 18.3 Å². The van der Waals surface area contributed by atoms with E-state index in [4.69, 9.17) is 4.74 Å². The summed E-state index contributed by atoms with van der Waals surface area (Å²) in [4.78, 5) is 8.40. The normalized spacial score (nSPS) is 12.4. The van der Waals surface area contributed by atoms with Gasteiger partial charge in [0.05, 0.1) is 12.9 Å². The SMILES string of the molecule is CN=C(NCc1cccc(Cn2ccnc2)c1)NCC(C)Oc1cccc(C)c1. The second kappa shape index (κ2) is 10.3. The van der Waals surface area contributed by atoms with Crippen LogP contribution in [0.25, 0.3) is 0 Å². The van der Waals surface area contributed by atoms with Crippen molar-refractivity contribution in [3.8, 4) is 5.75 Å². The maximum absolute atomic E-state index is 5.97.